The molecule has 110 valence electrons. The number of benzene rings is 3. The van der Waals surface area contributed by atoms with Gasteiger partial charge in [-0.25, -0.2) is 0 Å². The molecule has 0 aliphatic heterocycles. The Hall–Kier alpha value is -2.74. The van der Waals surface area contributed by atoms with Gasteiger partial charge >= 0.3 is 0 Å². The van der Waals surface area contributed by atoms with E-state index in [0.717, 1.165) is 22.8 Å². The lowest BCUT2D eigenvalue weighted by atomic mass is 10.1. The normalized spacial score (nSPS) is 10.5. The summed E-state index contributed by atoms with van der Waals surface area (Å²) in [5.74, 6) is 0. The quantitative estimate of drug-likeness (QED) is 0.676. The Morgan fingerprint density at radius 3 is 2.36 bits per heavy atom. The molecule has 0 atom stereocenters. The fourth-order valence-corrected chi connectivity index (χ4v) is 2.50. The van der Waals surface area contributed by atoms with Crippen LogP contribution in [0.25, 0.3) is 10.8 Å². The van der Waals surface area contributed by atoms with Crippen molar-refractivity contribution < 1.29 is 0 Å². The van der Waals surface area contributed by atoms with Crippen LogP contribution in [-0.4, -0.2) is 7.05 Å². The molecule has 0 unspecified atom stereocenters. The van der Waals surface area contributed by atoms with Crippen molar-refractivity contribution in [1.29, 1.82) is 0 Å². The zero-order chi connectivity index (χ0) is 15.5. The third kappa shape index (κ3) is 2.82. The first-order chi connectivity index (χ1) is 10.6. The van der Waals surface area contributed by atoms with E-state index in [2.05, 4.69) is 71.4 Å². The Morgan fingerprint density at radius 2 is 1.59 bits per heavy atom. The monoisotopic (exact) mass is 288 g/mol. The topological polar surface area (TPSA) is 15.3 Å². The molecule has 0 aliphatic carbocycles. The molecule has 3 rings (SSSR count). The number of hydrogen-bond donors (Lipinski definition) is 1. The molecule has 0 heterocycles. The largest absolute Gasteiger partial charge is 0.354 e. The van der Waals surface area contributed by atoms with Gasteiger partial charge in [-0.15, -0.1) is 0 Å². The lowest BCUT2D eigenvalue weighted by Crippen LogP contribution is -2.14. The second-order valence-corrected chi connectivity index (χ2v) is 5.50. The van der Waals surface area contributed by atoms with E-state index in [0.29, 0.717) is 0 Å². The highest BCUT2D eigenvalue weighted by atomic mass is 15.1. The summed E-state index contributed by atoms with van der Waals surface area (Å²) in [7, 11) is 2.03. The Kier molecular flexibility index (Phi) is 3.84. The number of nitrogens with one attached hydrogen (secondary N) is 1. The molecule has 0 saturated heterocycles. The summed E-state index contributed by atoms with van der Waals surface area (Å²) >= 11 is 0. The van der Waals surface area contributed by atoms with Crippen molar-refractivity contribution >= 4 is 27.8 Å². The minimum atomic E-state index is 1.01. The predicted octanol–water partition coefficient (Wildman–Crippen LogP) is 5.55. The minimum absolute atomic E-state index is 1.01. The van der Waals surface area contributed by atoms with E-state index in [9.17, 15) is 0 Å². The Morgan fingerprint density at radius 1 is 0.909 bits per heavy atom. The van der Waals surface area contributed by atoms with Crippen molar-refractivity contribution in [2.45, 2.75) is 6.92 Å². The van der Waals surface area contributed by atoms with Gasteiger partial charge in [0.05, 0.1) is 11.4 Å². The highest BCUT2D eigenvalue weighted by Crippen LogP contribution is 2.30. The van der Waals surface area contributed by atoms with Crippen LogP contribution in [0.1, 0.15) is 6.92 Å². The average Bonchev–Trinajstić information content (AvgIpc) is 2.54. The van der Waals surface area contributed by atoms with Gasteiger partial charge in [0.1, 0.15) is 0 Å². The van der Waals surface area contributed by atoms with E-state index in [1.807, 2.05) is 26.1 Å². The molecule has 22 heavy (non-hydrogen) atoms. The van der Waals surface area contributed by atoms with Crippen molar-refractivity contribution in [1.82, 2.24) is 0 Å². The van der Waals surface area contributed by atoms with Gasteiger partial charge in [-0.3, -0.25) is 0 Å². The fourth-order valence-electron chi connectivity index (χ4n) is 2.50. The number of nitrogens with zero attached hydrogens (tertiary/aromatic N) is 1. The lowest BCUT2D eigenvalue weighted by molar-refractivity contribution is 1.10. The molecule has 0 spiro atoms. The van der Waals surface area contributed by atoms with Gasteiger partial charge in [0.2, 0.25) is 0 Å². The van der Waals surface area contributed by atoms with Crippen LogP contribution in [0.2, 0.25) is 0 Å². The number of rotatable bonds is 4. The van der Waals surface area contributed by atoms with Crippen LogP contribution in [-0.2, 0) is 0 Å². The molecule has 3 aromatic carbocycles. The second kappa shape index (κ2) is 5.94. The highest BCUT2D eigenvalue weighted by Gasteiger charge is 2.07. The highest BCUT2D eigenvalue weighted by molar-refractivity contribution is 5.87. The summed E-state index contributed by atoms with van der Waals surface area (Å²) in [6, 6.07) is 23.1. The third-order valence-corrected chi connectivity index (χ3v) is 3.87. The van der Waals surface area contributed by atoms with Crippen molar-refractivity contribution in [2.24, 2.45) is 0 Å². The maximum absolute atomic E-state index is 4.02. The van der Waals surface area contributed by atoms with Crippen LogP contribution in [0.4, 0.5) is 17.1 Å². The van der Waals surface area contributed by atoms with E-state index < -0.39 is 0 Å². The van der Waals surface area contributed by atoms with Gasteiger partial charge in [-0.05, 0) is 42.0 Å². The Labute approximate surface area is 131 Å². The van der Waals surface area contributed by atoms with E-state index in [-0.39, 0.29) is 0 Å². The van der Waals surface area contributed by atoms with Gasteiger partial charge in [-0.2, -0.15) is 0 Å². The molecule has 0 radical (unpaired) electrons. The molecule has 0 saturated carbocycles. The second-order valence-electron chi connectivity index (χ2n) is 5.50. The summed E-state index contributed by atoms with van der Waals surface area (Å²) in [5.41, 5.74) is 4.28. The van der Waals surface area contributed by atoms with Crippen molar-refractivity contribution in [3.05, 3.63) is 79.0 Å². The Balaban J connectivity index is 1.96. The molecule has 0 fully saturated rings. The van der Waals surface area contributed by atoms with Crippen LogP contribution in [0.5, 0.6) is 0 Å². The van der Waals surface area contributed by atoms with Gasteiger partial charge in [0.15, 0.2) is 0 Å². The van der Waals surface area contributed by atoms with E-state index in [4.69, 9.17) is 0 Å². The molecule has 0 amide bonds. The van der Waals surface area contributed by atoms with Gasteiger partial charge in [0.25, 0.3) is 0 Å². The SMILES string of the molecule is C=C(C)N(C)c1ccccc1Nc1ccc2ccccc2c1. The summed E-state index contributed by atoms with van der Waals surface area (Å²) in [4.78, 5) is 2.09. The standard InChI is InChI=1S/C20H20N2/c1-15(2)22(3)20-11-7-6-10-19(20)21-18-13-12-16-8-4-5-9-17(16)14-18/h4-14,21H,1H2,2-3H3. The molecule has 1 N–H and O–H groups in total. The molecule has 0 aromatic heterocycles. The summed E-state index contributed by atoms with van der Waals surface area (Å²) < 4.78 is 0. The molecule has 3 aromatic rings. The van der Waals surface area contributed by atoms with E-state index >= 15 is 0 Å². The maximum Gasteiger partial charge on any atom is 0.0644 e. The molecule has 0 bridgehead atoms. The number of allylic oxidation sites excluding steroid dienone is 1. The van der Waals surface area contributed by atoms with Crippen LogP contribution in [0.3, 0.4) is 0 Å². The van der Waals surface area contributed by atoms with Crippen molar-refractivity contribution in [2.75, 3.05) is 17.3 Å². The van der Waals surface area contributed by atoms with Crippen LogP contribution < -0.4 is 10.2 Å². The van der Waals surface area contributed by atoms with Crippen LogP contribution in [0, 0.1) is 0 Å². The molecule has 2 nitrogen and oxygen atoms in total. The van der Waals surface area contributed by atoms with E-state index in [1.165, 1.54) is 10.8 Å². The molecular formula is C20H20N2. The number of anilines is 3. The summed E-state index contributed by atoms with van der Waals surface area (Å²) in [6.45, 7) is 6.03. The number of hydrogen-bond acceptors (Lipinski definition) is 2. The zero-order valence-electron chi connectivity index (χ0n) is 13.0. The van der Waals surface area contributed by atoms with Gasteiger partial charge in [-0.1, -0.05) is 49.0 Å². The first-order valence-corrected chi connectivity index (χ1v) is 7.39. The fraction of sp³-hybridized carbons (Fsp3) is 0.100. The summed E-state index contributed by atoms with van der Waals surface area (Å²) in [5, 5.41) is 6.00. The Bertz CT molecular complexity index is 821. The van der Waals surface area contributed by atoms with Crippen molar-refractivity contribution in [3.8, 4) is 0 Å². The first kappa shape index (κ1) is 14.2. The predicted molar refractivity (Wildman–Crippen MR) is 96.9 cm³/mol. The zero-order valence-corrected chi connectivity index (χ0v) is 13.0. The molecule has 0 aliphatic rings. The average molecular weight is 288 g/mol. The smallest absolute Gasteiger partial charge is 0.0644 e. The van der Waals surface area contributed by atoms with Gasteiger partial charge in [0, 0.05) is 18.4 Å². The summed E-state index contributed by atoms with van der Waals surface area (Å²) in [6.07, 6.45) is 0. The minimum Gasteiger partial charge on any atom is -0.354 e. The molecule has 2 heteroatoms. The lowest BCUT2D eigenvalue weighted by Gasteiger charge is -2.23. The first-order valence-electron chi connectivity index (χ1n) is 7.39. The third-order valence-electron chi connectivity index (χ3n) is 3.87. The van der Waals surface area contributed by atoms with Crippen LogP contribution >= 0.6 is 0 Å². The van der Waals surface area contributed by atoms with E-state index in [1.54, 1.807) is 0 Å². The van der Waals surface area contributed by atoms with Gasteiger partial charge < -0.3 is 10.2 Å². The van der Waals surface area contributed by atoms with Crippen LogP contribution in [0.15, 0.2) is 79.0 Å². The maximum atomic E-state index is 4.02. The number of fused-ring (bicyclic) bond motifs is 1. The number of para-hydroxylation sites is 2. The van der Waals surface area contributed by atoms with Crippen molar-refractivity contribution in [3.63, 3.8) is 0 Å². The molecular weight excluding hydrogens is 268 g/mol.